The zero-order chi connectivity index (χ0) is 23.0. The van der Waals surface area contributed by atoms with Crippen LogP contribution in [0.4, 0.5) is 15.8 Å². The number of rotatable bonds is 7. The maximum atomic E-state index is 14.1. The molecule has 0 aliphatic heterocycles. The molecule has 0 radical (unpaired) electrons. The van der Waals surface area contributed by atoms with Gasteiger partial charge in [-0.05, 0) is 17.7 Å². The average molecular weight is 439 g/mol. The van der Waals surface area contributed by atoms with E-state index >= 15 is 0 Å². The number of benzene rings is 1. The molecule has 0 aliphatic rings. The summed E-state index contributed by atoms with van der Waals surface area (Å²) in [4.78, 5) is 54.1. The fourth-order valence-electron chi connectivity index (χ4n) is 2.97. The van der Waals surface area contributed by atoms with E-state index in [1.54, 1.807) is 0 Å². The third-order valence-corrected chi connectivity index (χ3v) is 4.62. The quantitative estimate of drug-likeness (QED) is 0.279. The van der Waals surface area contributed by atoms with E-state index in [0.717, 1.165) is 4.52 Å². The molecule has 0 spiro atoms. The van der Waals surface area contributed by atoms with Crippen molar-refractivity contribution in [1.82, 2.24) is 24.9 Å². The van der Waals surface area contributed by atoms with Gasteiger partial charge in [0, 0.05) is 24.7 Å². The normalized spacial score (nSPS) is 11.0. The standard InChI is InChI=1S/C19H14FN7O5/c20-10-2-1-8(5-9(10)7-22-13-12(21)14(28)15(13)29)6-23-18(30)16-25-11-3-4-24-27(11)17(26-16)19(31)32/h1-5,22H,6-7,21H2,(H,23,30)(H,31,32). The molecular weight excluding hydrogens is 425 g/mol. The van der Waals surface area contributed by atoms with Crippen LogP contribution in [0.15, 0.2) is 40.1 Å². The fraction of sp³-hybridized carbons (Fsp3) is 0.105. The smallest absolute Gasteiger partial charge is 0.374 e. The van der Waals surface area contributed by atoms with E-state index in [-0.39, 0.29) is 41.5 Å². The Morgan fingerprint density at radius 1 is 1.12 bits per heavy atom. The number of carboxylic acid groups (broad SMARTS) is 1. The van der Waals surface area contributed by atoms with Crippen LogP contribution in [0, 0.1) is 5.82 Å². The number of nitrogens with two attached hydrogens (primary N) is 1. The van der Waals surface area contributed by atoms with Crippen molar-refractivity contribution in [3.63, 3.8) is 0 Å². The number of hydrogen-bond acceptors (Lipinski definition) is 9. The summed E-state index contributed by atoms with van der Waals surface area (Å²) in [6.45, 7) is -0.143. The molecule has 0 atom stereocenters. The summed E-state index contributed by atoms with van der Waals surface area (Å²) in [5, 5.41) is 18.2. The first kappa shape index (κ1) is 20.6. The topological polar surface area (TPSA) is 182 Å². The van der Waals surface area contributed by atoms with Gasteiger partial charge in [-0.15, -0.1) is 0 Å². The molecule has 0 bridgehead atoms. The number of carboxylic acids is 1. The first-order chi connectivity index (χ1) is 15.3. The molecule has 0 unspecified atom stereocenters. The largest absolute Gasteiger partial charge is 0.475 e. The van der Waals surface area contributed by atoms with Crippen molar-refractivity contribution in [3.8, 4) is 0 Å². The maximum Gasteiger partial charge on any atom is 0.374 e. The molecule has 4 aromatic rings. The van der Waals surface area contributed by atoms with Gasteiger partial charge in [-0.1, -0.05) is 6.07 Å². The first-order valence-corrected chi connectivity index (χ1v) is 9.09. The highest BCUT2D eigenvalue weighted by molar-refractivity contribution is 5.92. The molecule has 13 heteroatoms. The van der Waals surface area contributed by atoms with Gasteiger partial charge in [0.15, 0.2) is 5.65 Å². The minimum atomic E-state index is -1.38. The van der Waals surface area contributed by atoms with Gasteiger partial charge in [0.1, 0.15) is 17.2 Å². The Kier molecular flexibility index (Phi) is 5.06. The van der Waals surface area contributed by atoms with Gasteiger partial charge in [-0.2, -0.15) is 14.6 Å². The minimum Gasteiger partial charge on any atom is -0.475 e. The van der Waals surface area contributed by atoms with Crippen molar-refractivity contribution < 1.29 is 19.1 Å². The van der Waals surface area contributed by atoms with E-state index in [0.29, 0.717) is 5.56 Å². The SMILES string of the molecule is Nc1c(NCc2cc(CNC(=O)c3nc(C(=O)O)n4nccc4n3)ccc2F)c(=O)c1=O. The third kappa shape index (κ3) is 3.62. The predicted molar refractivity (Wildman–Crippen MR) is 108 cm³/mol. The summed E-state index contributed by atoms with van der Waals surface area (Å²) in [6, 6.07) is 5.50. The second kappa shape index (κ2) is 7.86. The van der Waals surface area contributed by atoms with Gasteiger partial charge in [0.2, 0.25) is 11.6 Å². The number of hydrogen-bond donors (Lipinski definition) is 4. The van der Waals surface area contributed by atoms with Crippen molar-refractivity contribution in [2.24, 2.45) is 0 Å². The summed E-state index contributed by atoms with van der Waals surface area (Å²) < 4.78 is 15.1. The van der Waals surface area contributed by atoms with Crippen molar-refractivity contribution in [2.75, 3.05) is 11.1 Å². The van der Waals surface area contributed by atoms with Crippen LogP contribution >= 0.6 is 0 Å². The molecule has 0 saturated carbocycles. The summed E-state index contributed by atoms with van der Waals surface area (Å²) in [7, 11) is 0. The van der Waals surface area contributed by atoms with Crippen LogP contribution in [0.1, 0.15) is 32.4 Å². The number of aromatic nitrogens is 4. The summed E-state index contributed by atoms with van der Waals surface area (Å²) in [5.41, 5.74) is 4.45. The van der Waals surface area contributed by atoms with Gasteiger partial charge in [-0.25, -0.2) is 14.2 Å². The lowest BCUT2D eigenvalue weighted by molar-refractivity contribution is 0.0679. The van der Waals surface area contributed by atoms with Gasteiger partial charge < -0.3 is 21.5 Å². The molecule has 2 heterocycles. The molecule has 2 aromatic heterocycles. The van der Waals surface area contributed by atoms with E-state index < -0.39 is 34.4 Å². The number of carbonyl (C=O) groups excluding carboxylic acids is 1. The summed E-state index contributed by atoms with van der Waals surface area (Å²) in [6.07, 6.45) is 1.32. The van der Waals surface area contributed by atoms with E-state index in [1.165, 1.54) is 30.5 Å². The number of halogens is 1. The Labute approximate surface area is 177 Å². The van der Waals surface area contributed by atoms with Crippen LogP contribution < -0.4 is 27.2 Å². The van der Waals surface area contributed by atoms with Gasteiger partial charge >= 0.3 is 5.97 Å². The van der Waals surface area contributed by atoms with Crippen molar-refractivity contribution in [3.05, 3.63) is 79.5 Å². The molecule has 5 N–H and O–H groups in total. The highest BCUT2D eigenvalue weighted by atomic mass is 19.1. The van der Waals surface area contributed by atoms with Gasteiger partial charge in [-0.3, -0.25) is 14.4 Å². The zero-order valence-corrected chi connectivity index (χ0v) is 16.1. The van der Waals surface area contributed by atoms with Gasteiger partial charge in [0.05, 0.1) is 6.20 Å². The van der Waals surface area contributed by atoms with Gasteiger partial charge in [0.25, 0.3) is 16.8 Å². The summed E-state index contributed by atoms with van der Waals surface area (Å²) in [5.74, 6) is -3.52. The number of nitrogen functional groups attached to an aromatic ring is 1. The molecule has 0 saturated heterocycles. The van der Waals surface area contributed by atoms with Crippen LogP contribution in [0.2, 0.25) is 0 Å². The third-order valence-electron chi connectivity index (χ3n) is 4.62. The van der Waals surface area contributed by atoms with Crippen LogP contribution in [0.3, 0.4) is 0 Å². The second-order valence-corrected chi connectivity index (χ2v) is 6.69. The van der Waals surface area contributed by atoms with Crippen molar-refractivity contribution in [2.45, 2.75) is 13.1 Å². The number of nitrogens with one attached hydrogen (secondary N) is 2. The van der Waals surface area contributed by atoms with Crippen molar-refractivity contribution >= 4 is 28.9 Å². The fourth-order valence-corrected chi connectivity index (χ4v) is 2.97. The Hall–Kier alpha value is -4.68. The molecule has 1 amide bonds. The van der Waals surface area contributed by atoms with E-state index in [9.17, 15) is 28.7 Å². The first-order valence-electron chi connectivity index (χ1n) is 9.09. The number of fused-ring (bicyclic) bond motifs is 1. The highest BCUT2D eigenvalue weighted by Gasteiger charge is 2.19. The maximum absolute atomic E-state index is 14.1. The Morgan fingerprint density at radius 2 is 1.91 bits per heavy atom. The number of aromatic carboxylic acids is 1. The number of amides is 1. The minimum absolute atomic E-state index is 0.0371. The molecule has 0 aliphatic carbocycles. The van der Waals surface area contributed by atoms with Crippen LogP contribution in [-0.4, -0.2) is 36.6 Å². The lowest BCUT2D eigenvalue weighted by atomic mass is 10.1. The zero-order valence-electron chi connectivity index (χ0n) is 16.1. The van der Waals surface area contributed by atoms with E-state index in [1.807, 2.05) is 0 Å². The van der Waals surface area contributed by atoms with E-state index in [4.69, 9.17) is 5.73 Å². The molecule has 162 valence electrons. The molecule has 4 rings (SSSR count). The highest BCUT2D eigenvalue weighted by Crippen LogP contribution is 2.15. The lowest BCUT2D eigenvalue weighted by Crippen LogP contribution is -2.37. The van der Waals surface area contributed by atoms with Crippen LogP contribution in [-0.2, 0) is 13.1 Å². The van der Waals surface area contributed by atoms with Crippen LogP contribution in [0.5, 0.6) is 0 Å². The molecule has 12 nitrogen and oxygen atoms in total. The summed E-state index contributed by atoms with van der Waals surface area (Å²) >= 11 is 0. The molecule has 0 fully saturated rings. The second-order valence-electron chi connectivity index (χ2n) is 6.69. The number of anilines is 2. The van der Waals surface area contributed by atoms with Crippen LogP contribution in [0.25, 0.3) is 5.65 Å². The average Bonchev–Trinajstić information content (AvgIpc) is 3.26. The Balaban J connectivity index is 1.47. The molecule has 32 heavy (non-hydrogen) atoms. The molecule has 2 aromatic carbocycles. The lowest BCUT2D eigenvalue weighted by Gasteiger charge is -2.12. The monoisotopic (exact) mass is 439 g/mol. The number of carbonyl (C=O) groups is 2. The Bertz CT molecular complexity index is 1450. The molecular formula is C19H14FN7O5. The van der Waals surface area contributed by atoms with E-state index in [2.05, 4.69) is 25.7 Å². The predicted octanol–water partition coefficient (Wildman–Crippen LogP) is -0.318. The Morgan fingerprint density at radius 3 is 2.62 bits per heavy atom. The number of nitrogens with zero attached hydrogens (tertiary/aromatic N) is 4. The van der Waals surface area contributed by atoms with Crippen molar-refractivity contribution in [1.29, 1.82) is 0 Å².